The smallest absolute Gasteiger partial charge is 0.326 e. The van der Waals surface area contributed by atoms with Gasteiger partial charge in [0.1, 0.15) is 11.8 Å². The number of thioether (sulfide) groups is 1. The monoisotopic (exact) mass is 286 g/mol. The maximum absolute atomic E-state index is 11.7. The van der Waals surface area contributed by atoms with Crippen LogP contribution in [-0.2, 0) is 15.3 Å². The first-order valence-corrected chi connectivity index (χ1v) is 6.73. The molecular formula is C11H14N2O5S. The molecule has 0 spiro atoms. The fraction of sp³-hybridized carbons (Fsp3) is 0.364. The van der Waals surface area contributed by atoms with Crippen molar-refractivity contribution in [2.75, 3.05) is 6.26 Å². The molecule has 4 N–H and O–H groups in total. The van der Waals surface area contributed by atoms with Crippen molar-refractivity contribution in [3.63, 3.8) is 0 Å². The summed E-state index contributed by atoms with van der Waals surface area (Å²) in [6.45, 7) is 0. The first-order chi connectivity index (χ1) is 8.93. The molecule has 8 heteroatoms. The van der Waals surface area contributed by atoms with Gasteiger partial charge in [0.15, 0.2) is 5.76 Å². The molecule has 0 radical (unpaired) electrons. The van der Waals surface area contributed by atoms with Crippen LogP contribution in [0.15, 0.2) is 16.5 Å². The lowest BCUT2D eigenvalue weighted by atomic mass is 10.2. The molecule has 1 heterocycles. The van der Waals surface area contributed by atoms with Gasteiger partial charge in [0.2, 0.25) is 5.91 Å². The van der Waals surface area contributed by atoms with E-state index in [1.54, 1.807) is 6.07 Å². The molecular weight excluding hydrogens is 272 g/mol. The van der Waals surface area contributed by atoms with E-state index in [1.807, 2.05) is 6.26 Å². The number of primary amides is 1. The van der Waals surface area contributed by atoms with Crippen LogP contribution in [0.1, 0.15) is 22.7 Å². The fourth-order valence-electron chi connectivity index (χ4n) is 1.35. The second-order valence-corrected chi connectivity index (χ2v) is 4.60. The molecule has 1 rings (SSSR count). The van der Waals surface area contributed by atoms with Crippen LogP contribution in [0.4, 0.5) is 0 Å². The molecule has 0 saturated heterocycles. The van der Waals surface area contributed by atoms with E-state index in [0.29, 0.717) is 11.5 Å². The summed E-state index contributed by atoms with van der Waals surface area (Å²) in [6, 6.07) is 1.72. The number of carboxylic acids is 1. The number of carbonyl (C=O) groups excluding carboxylic acids is 2. The van der Waals surface area contributed by atoms with Gasteiger partial charge in [-0.15, -0.1) is 0 Å². The highest BCUT2D eigenvalue weighted by Crippen LogP contribution is 2.13. The van der Waals surface area contributed by atoms with Crippen molar-refractivity contribution in [3.8, 4) is 0 Å². The number of nitrogens with one attached hydrogen (secondary N) is 1. The van der Waals surface area contributed by atoms with Crippen LogP contribution in [0.5, 0.6) is 0 Å². The van der Waals surface area contributed by atoms with E-state index < -0.39 is 30.2 Å². The van der Waals surface area contributed by atoms with Crippen molar-refractivity contribution in [2.45, 2.75) is 18.2 Å². The maximum atomic E-state index is 11.7. The molecule has 0 aliphatic heterocycles. The number of rotatable bonds is 7. The summed E-state index contributed by atoms with van der Waals surface area (Å²) in [5.41, 5.74) is 4.91. The van der Waals surface area contributed by atoms with Gasteiger partial charge in [-0.05, 0) is 18.4 Å². The highest BCUT2D eigenvalue weighted by atomic mass is 32.2. The number of nitrogens with two attached hydrogens (primary N) is 1. The lowest BCUT2D eigenvalue weighted by molar-refractivity contribution is -0.140. The van der Waals surface area contributed by atoms with Crippen LogP contribution in [0.25, 0.3) is 0 Å². The van der Waals surface area contributed by atoms with E-state index in [1.165, 1.54) is 17.8 Å². The predicted molar refractivity (Wildman–Crippen MR) is 68.6 cm³/mol. The lowest BCUT2D eigenvalue weighted by Crippen LogP contribution is -2.43. The highest BCUT2D eigenvalue weighted by Gasteiger charge is 2.24. The van der Waals surface area contributed by atoms with Crippen molar-refractivity contribution in [1.29, 1.82) is 0 Å². The Kier molecular flexibility index (Phi) is 5.43. The van der Waals surface area contributed by atoms with Gasteiger partial charge in [0.25, 0.3) is 5.91 Å². The number of carboxylic acid groups (broad SMARTS) is 1. The standard InChI is InChI=1S/C11H14N2O5S/c1-19-5-6-2-3-8(18-6)10(15)13-7(11(16)17)4-9(12)14/h2-3,7H,4-5H2,1H3,(H2,12,14)(H,13,15)(H,16,17). The number of furan rings is 1. The van der Waals surface area contributed by atoms with E-state index in [9.17, 15) is 14.4 Å². The second kappa shape index (κ2) is 6.83. The number of hydrogen-bond acceptors (Lipinski definition) is 5. The Morgan fingerprint density at radius 2 is 2.16 bits per heavy atom. The third kappa shape index (κ3) is 4.66. The minimum Gasteiger partial charge on any atom is -0.480 e. The van der Waals surface area contributed by atoms with Crippen LogP contribution >= 0.6 is 11.8 Å². The minimum absolute atomic E-state index is 0.000213. The largest absolute Gasteiger partial charge is 0.480 e. The molecule has 7 nitrogen and oxygen atoms in total. The van der Waals surface area contributed by atoms with Crippen molar-refractivity contribution in [2.24, 2.45) is 5.73 Å². The lowest BCUT2D eigenvalue weighted by Gasteiger charge is -2.11. The Morgan fingerprint density at radius 3 is 2.68 bits per heavy atom. The molecule has 2 amide bonds. The van der Waals surface area contributed by atoms with Crippen LogP contribution in [0.3, 0.4) is 0 Å². The molecule has 0 aliphatic rings. The van der Waals surface area contributed by atoms with E-state index in [-0.39, 0.29) is 5.76 Å². The zero-order valence-electron chi connectivity index (χ0n) is 10.2. The average molecular weight is 286 g/mol. The molecule has 1 unspecified atom stereocenters. The molecule has 104 valence electrons. The minimum atomic E-state index is -1.36. The first-order valence-electron chi connectivity index (χ1n) is 5.33. The zero-order chi connectivity index (χ0) is 14.4. The summed E-state index contributed by atoms with van der Waals surface area (Å²) in [5.74, 6) is -1.62. The molecule has 0 fully saturated rings. The molecule has 0 saturated carbocycles. The van der Waals surface area contributed by atoms with Crippen LogP contribution in [0, 0.1) is 0 Å². The number of amides is 2. The Morgan fingerprint density at radius 1 is 1.47 bits per heavy atom. The Balaban J connectivity index is 2.70. The quantitative estimate of drug-likeness (QED) is 0.658. The zero-order valence-corrected chi connectivity index (χ0v) is 11.0. The van der Waals surface area contributed by atoms with Gasteiger partial charge in [-0.25, -0.2) is 4.79 Å². The Bertz CT molecular complexity index is 485. The van der Waals surface area contributed by atoms with Crippen LogP contribution in [-0.4, -0.2) is 35.2 Å². The SMILES string of the molecule is CSCc1ccc(C(=O)NC(CC(N)=O)C(=O)O)o1. The summed E-state index contributed by atoms with van der Waals surface area (Å²) >= 11 is 1.53. The highest BCUT2D eigenvalue weighted by molar-refractivity contribution is 7.97. The summed E-state index contributed by atoms with van der Waals surface area (Å²) in [5, 5.41) is 11.0. The molecule has 19 heavy (non-hydrogen) atoms. The van der Waals surface area contributed by atoms with Gasteiger partial charge in [0, 0.05) is 0 Å². The summed E-state index contributed by atoms with van der Waals surface area (Å²) in [7, 11) is 0. The van der Waals surface area contributed by atoms with Gasteiger partial charge in [0.05, 0.1) is 12.2 Å². The average Bonchev–Trinajstić information content (AvgIpc) is 2.76. The van der Waals surface area contributed by atoms with Crippen LogP contribution in [0.2, 0.25) is 0 Å². The maximum Gasteiger partial charge on any atom is 0.326 e. The molecule has 0 aromatic carbocycles. The molecule has 1 aromatic heterocycles. The second-order valence-electron chi connectivity index (χ2n) is 3.73. The van der Waals surface area contributed by atoms with Crippen molar-refractivity contribution in [3.05, 3.63) is 23.7 Å². The fourth-order valence-corrected chi connectivity index (χ4v) is 1.79. The molecule has 1 aromatic rings. The predicted octanol–water partition coefficient (Wildman–Crippen LogP) is 0.201. The van der Waals surface area contributed by atoms with Crippen molar-refractivity contribution in [1.82, 2.24) is 5.32 Å². The first kappa shape index (κ1) is 15.1. The normalized spacial score (nSPS) is 11.8. The molecule has 1 atom stereocenters. The van der Waals surface area contributed by atoms with Crippen molar-refractivity contribution >= 4 is 29.5 Å². The topological polar surface area (TPSA) is 123 Å². The van der Waals surface area contributed by atoms with E-state index in [2.05, 4.69) is 5.32 Å². The van der Waals surface area contributed by atoms with Gasteiger partial charge in [-0.1, -0.05) is 0 Å². The Hall–Kier alpha value is -1.96. The van der Waals surface area contributed by atoms with E-state index in [0.717, 1.165) is 0 Å². The van der Waals surface area contributed by atoms with Gasteiger partial charge in [-0.2, -0.15) is 11.8 Å². The van der Waals surface area contributed by atoms with E-state index >= 15 is 0 Å². The van der Waals surface area contributed by atoms with Gasteiger partial charge >= 0.3 is 5.97 Å². The third-order valence-electron chi connectivity index (χ3n) is 2.18. The third-order valence-corrected chi connectivity index (χ3v) is 2.75. The Labute approximate surface area is 113 Å². The number of carbonyl (C=O) groups is 3. The summed E-state index contributed by atoms with van der Waals surface area (Å²) in [6.07, 6.45) is 1.41. The number of hydrogen-bond donors (Lipinski definition) is 3. The molecule has 0 aliphatic carbocycles. The number of aliphatic carboxylic acids is 1. The van der Waals surface area contributed by atoms with Crippen molar-refractivity contribution < 1.29 is 23.9 Å². The van der Waals surface area contributed by atoms with E-state index in [4.69, 9.17) is 15.3 Å². The summed E-state index contributed by atoms with van der Waals surface area (Å²) in [4.78, 5) is 33.3. The molecule has 0 bridgehead atoms. The van der Waals surface area contributed by atoms with Crippen LogP contribution < -0.4 is 11.1 Å². The van der Waals surface area contributed by atoms with Gasteiger partial charge < -0.3 is 20.6 Å². The summed E-state index contributed by atoms with van der Waals surface area (Å²) < 4.78 is 5.23. The van der Waals surface area contributed by atoms with Gasteiger partial charge in [-0.3, -0.25) is 9.59 Å².